The zero-order valence-electron chi connectivity index (χ0n) is 24.2. The Labute approximate surface area is 246 Å². The number of likely N-dealkylation sites (N-methyl/N-ethyl adjacent to an activating group) is 1. The number of ether oxygens (including phenoxy) is 2. The highest BCUT2D eigenvalue weighted by molar-refractivity contribution is 7.92. The molecule has 2 aromatic carbocycles. The van der Waals surface area contributed by atoms with E-state index in [1.807, 2.05) is 36.4 Å². The quantitative estimate of drug-likeness (QED) is 0.233. The van der Waals surface area contributed by atoms with Gasteiger partial charge in [0.15, 0.2) is 21.3 Å². The number of nitrogens with zero attached hydrogens (tertiary/aromatic N) is 2. The normalized spacial score (nSPS) is 16.4. The van der Waals surface area contributed by atoms with Crippen LogP contribution in [0.5, 0.6) is 11.5 Å². The smallest absolute Gasteiger partial charge is 0.252 e. The highest BCUT2D eigenvalue weighted by Gasteiger charge is 2.36. The fourth-order valence-electron chi connectivity index (χ4n) is 4.66. The van der Waals surface area contributed by atoms with E-state index in [-0.39, 0.29) is 37.2 Å². The molecule has 0 bridgehead atoms. The van der Waals surface area contributed by atoms with Gasteiger partial charge < -0.3 is 19.9 Å². The molecule has 228 valence electrons. The molecule has 1 aliphatic heterocycles. The number of benzene rings is 2. The van der Waals surface area contributed by atoms with Gasteiger partial charge in [-0.25, -0.2) is 13.4 Å². The number of fused-ring (bicyclic) bond motifs is 1. The number of hydrazine groups is 1. The Balaban J connectivity index is 1.88. The van der Waals surface area contributed by atoms with Crippen molar-refractivity contribution in [2.45, 2.75) is 68.7 Å². The summed E-state index contributed by atoms with van der Waals surface area (Å²) >= 11 is 0. The molecule has 2 unspecified atom stereocenters. The average Bonchev–Trinajstić information content (AvgIpc) is 3.33. The first-order chi connectivity index (χ1) is 20.0. The first-order valence-electron chi connectivity index (χ1n) is 13.8. The Bertz CT molecular complexity index is 1360. The number of carbonyl (C=O) groups excluding carboxylic acids is 2. The molecule has 0 aliphatic carbocycles. The molecule has 0 fully saturated rings. The van der Waals surface area contributed by atoms with Gasteiger partial charge in [-0.2, -0.15) is 5.26 Å². The van der Waals surface area contributed by atoms with E-state index in [1.54, 1.807) is 33.9 Å². The average molecular weight is 602 g/mol. The number of sulfone groups is 1. The highest BCUT2D eigenvalue weighted by atomic mass is 32.2. The van der Waals surface area contributed by atoms with E-state index in [0.717, 1.165) is 10.6 Å². The third-order valence-corrected chi connectivity index (χ3v) is 8.95. The summed E-state index contributed by atoms with van der Waals surface area (Å²) in [6.45, 7) is 4.89. The fraction of sp³-hybridized carbons (Fsp3) is 0.483. The summed E-state index contributed by atoms with van der Waals surface area (Å²) in [5.41, 5.74) is 3.35. The summed E-state index contributed by atoms with van der Waals surface area (Å²) in [5, 5.41) is 26.2. The molecule has 0 radical (unpaired) electrons. The van der Waals surface area contributed by atoms with Crippen molar-refractivity contribution in [3.8, 4) is 17.6 Å². The summed E-state index contributed by atoms with van der Waals surface area (Å²) in [6.07, 6.45) is -1.93. The van der Waals surface area contributed by atoms with Crippen molar-refractivity contribution >= 4 is 21.7 Å². The lowest BCUT2D eigenvalue weighted by Crippen LogP contribution is -2.60. The van der Waals surface area contributed by atoms with Gasteiger partial charge in [0.1, 0.15) is 5.37 Å². The molecule has 2 amide bonds. The SMILES string of the molecule is CNCC(=O)NN(C(=O)CCC#N)[C@@H](Cc1ccccc1)[C@H](O)CNC(C(C)C)S(=O)(=O)c1ccc2c(c1)OC(C)O2. The van der Waals surface area contributed by atoms with Crippen LogP contribution in [0.15, 0.2) is 53.4 Å². The predicted molar refractivity (Wildman–Crippen MR) is 155 cm³/mol. The van der Waals surface area contributed by atoms with Crippen molar-refractivity contribution in [1.29, 1.82) is 5.26 Å². The van der Waals surface area contributed by atoms with Crippen molar-refractivity contribution in [1.82, 2.24) is 21.1 Å². The van der Waals surface area contributed by atoms with E-state index < -0.39 is 51.4 Å². The van der Waals surface area contributed by atoms with Crippen molar-refractivity contribution in [3.05, 3.63) is 54.1 Å². The molecular formula is C29H39N5O7S. The van der Waals surface area contributed by atoms with Crippen molar-refractivity contribution in [2.24, 2.45) is 5.92 Å². The Morgan fingerprint density at radius 3 is 2.45 bits per heavy atom. The molecule has 0 aromatic heterocycles. The van der Waals surface area contributed by atoms with Crippen molar-refractivity contribution < 1.29 is 32.6 Å². The van der Waals surface area contributed by atoms with Gasteiger partial charge in [0.05, 0.1) is 29.7 Å². The van der Waals surface area contributed by atoms with E-state index in [0.29, 0.717) is 11.5 Å². The Morgan fingerprint density at radius 2 is 1.81 bits per heavy atom. The van der Waals surface area contributed by atoms with Crippen LogP contribution in [-0.2, 0) is 25.8 Å². The van der Waals surface area contributed by atoms with Crippen LogP contribution in [0.2, 0.25) is 0 Å². The number of aliphatic hydroxyl groups excluding tert-OH is 1. The van der Waals surface area contributed by atoms with Gasteiger partial charge in [0, 0.05) is 32.4 Å². The Hall–Kier alpha value is -3.70. The summed E-state index contributed by atoms with van der Waals surface area (Å²) in [7, 11) is -2.37. The molecule has 0 saturated heterocycles. The lowest BCUT2D eigenvalue weighted by molar-refractivity contribution is -0.147. The van der Waals surface area contributed by atoms with Gasteiger partial charge in [0.25, 0.3) is 5.91 Å². The molecule has 0 saturated carbocycles. The minimum absolute atomic E-state index is 0.0353. The van der Waals surface area contributed by atoms with Gasteiger partial charge in [-0.3, -0.25) is 20.3 Å². The molecule has 1 aliphatic rings. The predicted octanol–water partition coefficient (Wildman–Crippen LogP) is 1.50. The van der Waals surface area contributed by atoms with Crippen LogP contribution < -0.4 is 25.5 Å². The second-order valence-corrected chi connectivity index (χ2v) is 12.4. The van der Waals surface area contributed by atoms with E-state index in [4.69, 9.17) is 14.7 Å². The summed E-state index contributed by atoms with van der Waals surface area (Å²) in [6, 6.07) is 14.5. The molecular weight excluding hydrogens is 562 g/mol. The highest BCUT2D eigenvalue weighted by Crippen LogP contribution is 2.37. The Kier molecular flexibility index (Phi) is 11.7. The number of hydrogen-bond donors (Lipinski definition) is 4. The number of nitriles is 1. The third kappa shape index (κ3) is 8.42. The molecule has 1 heterocycles. The first-order valence-corrected chi connectivity index (χ1v) is 15.3. The number of hydrogen-bond acceptors (Lipinski definition) is 10. The standard InChI is InChI=1S/C29H39N5O7S/c1-19(2)29(42(38,39)22-12-13-25-26(16-22)41-20(3)40-25)32-17-24(35)23(15-21-9-6-5-7-10-21)34(28(37)11-8-14-30)33-27(36)18-31-4/h5-7,9-10,12-13,16,19-20,23-24,29,31-32,35H,8,11,15,17-18H2,1-4H3,(H,33,36)/t20?,23-,24+,29?/m0/s1. The minimum Gasteiger partial charge on any atom is -0.451 e. The second-order valence-electron chi connectivity index (χ2n) is 10.3. The van der Waals surface area contributed by atoms with Crippen LogP contribution >= 0.6 is 0 Å². The van der Waals surface area contributed by atoms with Crippen LogP contribution in [-0.4, -0.2) is 74.3 Å². The molecule has 13 heteroatoms. The van der Waals surface area contributed by atoms with Crippen molar-refractivity contribution in [3.63, 3.8) is 0 Å². The lowest BCUT2D eigenvalue weighted by atomic mass is 9.99. The number of amides is 2. The molecule has 12 nitrogen and oxygen atoms in total. The van der Waals surface area contributed by atoms with Crippen LogP contribution in [0.1, 0.15) is 39.2 Å². The summed E-state index contributed by atoms with van der Waals surface area (Å²) in [4.78, 5) is 25.7. The van der Waals surface area contributed by atoms with Crippen molar-refractivity contribution in [2.75, 3.05) is 20.1 Å². The summed E-state index contributed by atoms with van der Waals surface area (Å²) < 4.78 is 38.5. The number of nitrogens with one attached hydrogen (secondary N) is 3. The topological polar surface area (TPSA) is 170 Å². The molecule has 42 heavy (non-hydrogen) atoms. The maximum Gasteiger partial charge on any atom is 0.252 e. The van der Waals surface area contributed by atoms with Gasteiger partial charge in [-0.15, -0.1) is 0 Å². The Morgan fingerprint density at radius 1 is 1.12 bits per heavy atom. The number of aliphatic hydroxyl groups is 1. The fourth-order valence-corrected chi connectivity index (χ4v) is 6.52. The first kappa shape index (κ1) is 32.8. The summed E-state index contributed by atoms with van der Waals surface area (Å²) in [5.74, 6) is -0.679. The molecule has 2 aromatic rings. The monoisotopic (exact) mass is 601 g/mol. The van der Waals surface area contributed by atoms with E-state index in [2.05, 4.69) is 16.1 Å². The number of carbonyl (C=O) groups is 2. The molecule has 0 spiro atoms. The van der Waals surface area contributed by atoms with Crippen LogP contribution in [0, 0.1) is 17.2 Å². The largest absolute Gasteiger partial charge is 0.451 e. The van der Waals surface area contributed by atoms with Gasteiger partial charge in [0.2, 0.25) is 12.2 Å². The van der Waals surface area contributed by atoms with E-state index >= 15 is 0 Å². The van der Waals surface area contributed by atoms with Crippen LogP contribution in [0.25, 0.3) is 0 Å². The van der Waals surface area contributed by atoms with Gasteiger partial charge >= 0.3 is 0 Å². The van der Waals surface area contributed by atoms with E-state index in [1.165, 1.54) is 12.1 Å². The molecule has 4 N–H and O–H groups in total. The van der Waals surface area contributed by atoms with Crippen LogP contribution in [0.3, 0.4) is 0 Å². The zero-order chi connectivity index (χ0) is 30.9. The maximum atomic E-state index is 13.7. The second kappa shape index (κ2) is 15.0. The third-order valence-electron chi connectivity index (χ3n) is 6.66. The number of rotatable bonds is 14. The van der Waals surface area contributed by atoms with E-state index in [9.17, 15) is 23.1 Å². The lowest BCUT2D eigenvalue weighted by Gasteiger charge is -2.36. The molecule has 3 rings (SSSR count). The van der Waals surface area contributed by atoms with Gasteiger partial charge in [-0.1, -0.05) is 44.2 Å². The van der Waals surface area contributed by atoms with Gasteiger partial charge in [-0.05, 0) is 37.1 Å². The molecule has 4 atom stereocenters. The zero-order valence-corrected chi connectivity index (χ0v) is 25.1. The maximum absolute atomic E-state index is 13.7. The van der Waals surface area contributed by atoms with Crippen LogP contribution in [0.4, 0.5) is 0 Å². The minimum atomic E-state index is -3.95.